The molecule has 1 atom stereocenters. The van der Waals surface area contributed by atoms with Crippen LogP contribution >= 0.6 is 11.8 Å². The molecule has 102 valence electrons. The first-order chi connectivity index (χ1) is 9.36. The highest BCUT2D eigenvalue weighted by Crippen LogP contribution is 2.40. The lowest BCUT2D eigenvalue weighted by molar-refractivity contribution is 0.0384. The van der Waals surface area contributed by atoms with Gasteiger partial charge in [0.25, 0.3) is 0 Å². The number of allylic oxidation sites excluding steroid dienone is 1. The molecule has 19 heavy (non-hydrogen) atoms. The third kappa shape index (κ3) is 1.84. The van der Waals surface area contributed by atoms with Gasteiger partial charge in [0, 0.05) is 24.4 Å². The van der Waals surface area contributed by atoms with E-state index >= 15 is 0 Å². The Hall–Kier alpha value is -0.870. The maximum atomic E-state index is 5.82. The molecular formula is C15H20N2OS. The van der Waals surface area contributed by atoms with Crippen molar-refractivity contribution >= 4 is 11.8 Å². The second kappa shape index (κ2) is 4.60. The molecule has 2 bridgehead atoms. The standard InChI is InChI=1S/C15H20N2OS/c1-19-15-14-12(5-9-18-14)4-8-17(15)13-10-16-6-2-11(13)3-7-16/h4-5,8,11,13H,2-3,6-7,9-10H2,1H3/t13-/m0/s1. The molecule has 5 aliphatic rings. The molecule has 0 saturated carbocycles. The van der Waals surface area contributed by atoms with Gasteiger partial charge in [0.2, 0.25) is 0 Å². The van der Waals surface area contributed by atoms with Crippen molar-refractivity contribution < 1.29 is 4.74 Å². The lowest BCUT2D eigenvalue weighted by Crippen LogP contribution is -2.56. The van der Waals surface area contributed by atoms with Crippen LogP contribution in [-0.4, -0.2) is 48.3 Å². The predicted octanol–water partition coefficient (Wildman–Crippen LogP) is 2.40. The normalized spacial score (nSPS) is 36.4. The maximum absolute atomic E-state index is 5.82. The Bertz CT molecular complexity index is 475. The zero-order valence-corrected chi connectivity index (χ0v) is 12.2. The van der Waals surface area contributed by atoms with Crippen LogP contribution in [0.5, 0.6) is 0 Å². The van der Waals surface area contributed by atoms with Gasteiger partial charge >= 0.3 is 0 Å². The molecule has 0 N–H and O–H groups in total. The minimum absolute atomic E-state index is 0.638. The highest BCUT2D eigenvalue weighted by Gasteiger charge is 2.39. The van der Waals surface area contributed by atoms with Crippen LogP contribution in [0.2, 0.25) is 0 Å². The van der Waals surface area contributed by atoms with E-state index in [9.17, 15) is 0 Å². The van der Waals surface area contributed by atoms with Gasteiger partial charge < -0.3 is 14.5 Å². The fourth-order valence-electron chi connectivity index (χ4n) is 3.77. The van der Waals surface area contributed by atoms with Crippen LogP contribution in [0.4, 0.5) is 0 Å². The molecule has 5 rings (SSSR count). The summed E-state index contributed by atoms with van der Waals surface area (Å²) in [5.41, 5.74) is 1.27. The van der Waals surface area contributed by atoms with Crippen molar-refractivity contribution in [2.45, 2.75) is 18.9 Å². The summed E-state index contributed by atoms with van der Waals surface area (Å²) in [5.74, 6) is 1.95. The molecule has 3 saturated heterocycles. The summed E-state index contributed by atoms with van der Waals surface area (Å²) in [6.45, 7) is 4.54. The van der Waals surface area contributed by atoms with Crippen molar-refractivity contribution in [1.82, 2.24) is 9.80 Å². The van der Waals surface area contributed by atoms with Crippen LogP contribution in [-0.2, 0) is 4.74 Å². The maximum Gasteiger partial charge on any atom is 0.157 e. The molecule has 5 aliphatic heterocycles. The van der Waals surface area contributed by atoms with E-state index in [0.717, 1.165) is 18.3 Å². The van der Waals surface area contributed by atoms with Gasteiger partial charge in [-0.1, -0.05) is 0 Å². The molecular weight excluding hydrogens is 256 g/mol. The first kappa shape index (κ1) is 11.9. The second-order valence-corrected chi connectivity index (χ2v) is 6.53. The van der Waals surface area contributed by atoms with Crippen molar-refractivity contribution in [2.24, 2.45) is 5.92 Å². The van der Waals surface area contributed by atoms with Crippen LogP contribution in [0.3, 0.4) is 0 Å². The molecule has 0 unspecified atom stereocenters. The van der Waals surface area contributed by atoms with Crippen LogP contribution in [0, 0.1) is 5.92 Å². The number of fused-ring (bicyclic) bond motifs is 4. The Labute approximate surface area is 119 Å². The molecule has 0 amide bonds. The molecule has 0 aromatic heterocycles. The van der Waals surface area contributed by atoms with Crippen molar-refractivity contribution in [1.29, 1.82) is 0 Å². The SMILES string of the molecule is CSC1=C2OCC=C2C=CN1[C@H]1CN2CCC1CC2. The summed E-state index contributed by atoms with van der Waals surface area (Å²) in [6, 6.07) is 0.638. The summed E-state index contributed by atoms with van der Waals surface area (Å²) in [5, 5.41) is 1.31. The minimum Gasteiger partial charge on any atom is -0.486 e. The Morgan fingerprint density at radius 2 is 2.16 bits per heavy atom. The Morgan fingerprint density at radius 1 is 1.32 bits per heavy atom. The Balaban J connectivity index is 1.66. The largest absolute Gasteiger partial charge is 0.486 e. The van der Waals surface area contributed by atoms with Crippen molar-refractivity contribution in [3.63, 3.8) is 0 Å². The molecule has 4 heteroatoms. The van der Waals surface area contributed by atoms with Crippen molar-refractivity contribution in [3.8, 4) is 0 Å². The van der Waals surface area contributed by atoms with E-state index < -0.39 is 0 Å². The van der Waals surface area contributed by atoms with Crippen molar-refractivity contribution in [2.75, 3.05) is 32.5 Å². The number of hydrogen-bond acceptors (Lipinski definition) is 4. The van der Waals surface area contributed by atoms with E-state index in [2.05, 4.69) is 34.4 Å². The molecule has 5 heterocycles. The minimum atomic E-state index is 0.638. The van der Waals surface area contributed by atoms with E-state index in [1.165, 1.54) is 43.1 Å². The van der Waals surface area contributed by atoms with Crippen LogP contribution in [0.15, 0.2) is 34.7 Å². The van der Waals surface area contributed by atoms with Gasteiger partial charge in [-0.25, -0.2) is 0 Å². The number of rotatable bonds is 2. The topological polar surface area (TPSA) is 15.7 Å². The van der Waals surface area contributed by atoms with Gasteiger partial charge in [-0.15, -0.1) is 11.8 Å². The zero-order chi connectivity index (χ0) is 12.8. The molecule has 0 radical (unpaired) electrons. The molecule has 3 nitrogen and oxygen atoms in total. The monoisotopic (exact) mass is 276 g/mol. The number of piperidine rings is 3. The number of hydrogen-bond donors (Lipinski definition) is 0. The van der Waals surface area contributed by atoms with E-state index in [0.29, 0.717) is 6.04 Å². The lowest BCUT2D eigenvalue weighted by atomic mass is 9.83. The molecule has 0 aliphatic carbocycles. The summed E-state index contributed by atoms with van der Waals surface area (Å²) in [4.78, 5) is 5.10. The quantitative estimate of drug-likeness (QED) is 0.769. The smallest absolute Gasteiger partial charge is 0.157 e. The van der Waals surface area contributed by atoms with Gasteiger partial charge in [-0.2, -0.15) is 0 Å². The van der Waals surface area contributed by atoms with Crippen molar-refractivity contribution in [3.05, 3.63) is 34.7 Å². The Morgan fingerprint density at radius 3 is 2.84 bits per heavy atom. The summed E-state index contributed by atoms with van der Waals surface area (Å²) in [7, 11) is 0. The highest BCUT2D eigenvalue weighted by molar-refractivity contribution is 8.02. The predicted molar refractivity (Wildman–Crippen MR) is 78.5 cm³/mol. The number of ether oxygens (including phenoxy) is 1. The third-order valence-corrected chi connectivity index (χ3v) is 5.59. The van der Waals surface area contributed by atoms with E-state index in [-0.39, 0.29) is 0 Å². The summed E-state index contributed by atoms with van der Waals surface area (Å²) >= 11 is 1.82. The summed E-state index contributed by atoms with van der Waals surface area (Å²) in [6.07, 6.45) is 11.6. The first-order valence-electron chi connectivity index (χ1n) is 7.17. The van der Waals surface area contributed by atoms with Gasteiger partial charge in [0.05, 0.1) is 0 Å². The number of thioether (sulfide) groups is 1. The average molecular weight is 276 g/mol. The molecule has 0 aromatic rings. The summed E-state index contributed by atoms with van der Waals surface area (Å²) < 4.78 is 5.82. The van der Waals surface area contributed by atoms with Gasteiger partial charge in [-0.3, -0.25) is 0 Å². The number of nitrogens with zero attached hydrogens (tertiary/aromatic N) is 2. The highest BCUT2D eigenvalue weighted by atomic mass is 32.2. The zero-order valence-electron chi connectivity index (χ0n) is 11.3. The van der Waals surface area contributed by atoms with Crippen LogP contribution in [0.1, 0.15) is 12.8 Å². The van der Waals surface area contributed by atoms with Gasteiger partial charge in [0.1, 0.15) is 11.6 Å². The Kier molecular flexibility index (Phi) is 2.88. The van der Waals surface area contributed by atoms with Gasteiger partial charge in [0.15, 0.2) is 5.76 Å². The molecule has 0 aromatic carbocycles. The van der Waals surface area contributed by atoms with Crippen LogP contribution < -0.4 is 0 Å². The lowest BCUT2D eigenvalue weighted by Gasteiger charge is -2.49. The fourth-order valence-corrected chi connectivity index (χ4v) is 4.54. The first-order valence-corrected chi connectivity index (χ1v) is 8.40. The third-order valence-electron chi connectivity index (χ3n) is 4.81. The molecule has 0 spiro atoms. The molecule has 3 fully saturated rings. The fraction of sp³-hybridized carbons (Fsp3) is 0.600. The average Bonchev–Trinajstić information content (AvgIpc) is 2.95. The second-order valence-electron chi connectivity index (χ2n) is 5.74. The van der Waals surface area contributed by atoms with E-state index in [1.807, 2.05) is 11.8 Å². The van der Waals surface area contributed by atoms with E-state index in [4.69, 9.17) is 4.74 Å². The van der Waals surface area contributed by atoms with E-state index in [1.54, 1.807) is 0 Å². The van der Waals surface area contributed by atoms with Crippen LogP contribution in [0.25, 0.3) is 0 Å². The van der Waals surface area contributed by atoms with Gasteiger partial charge in [-0.05, 0) is 50.3 Å².